The molecule has 0 aliphatic rings. The van der Waals surface area contributed by atoms with Gasteiger partial charge in [-0.05, 0) is 38.0 Å². The van der Waals surface area contributed by atoms with E-state index in [4.69, 9.17) is 11.6 Å². The molecule has 0 N–H and O–H groups in total. The molecule has 0 saturated heterocycles. The lowest BCUT2D eigenvalue weighted by atomic mass is 10.0. The molecular weight excluding hydrogens is 316 g/mol. The summed E-state index contributed by atoms with van der Waals surface area (Å²) in [6, 6.07) is 8.78. The number of rotatable bonds is 2. The number of benzene rings is 1. The SMILES string of the molecule is Cc1cc(C)cc(C(Br)c2cc(C)c(Cl)s2)c1. The van der Waals surface area contributed by atoms with E-state index in [-0.39, 0.29) is 4.83 Å². The minimum atomic E-state index is 0.234. The van der Waals surface area contributed by atoms with Crippen LogP contribution in [-0.4, -0.2) is 0 Å². The molecule has 3 heteroatoms. The molecule has 0 nitrogen and oxygen atoms in total. The largest absolute Gasteiger partial charge is 0.127 e. The molecule has 0 radical (unpaired) electrons. The molecule has 0 bridgehead atoms. The van der Waals surface area contributed by atoms with Gasteiger partial charge >= 0.3 is 0 Å². The summed E-state index contributed by atoms with van der Waals surface area (Å²) in [6.07, 6.45) is 0. The molecule has 2 aromatic rings. The molecule has 0 aliphatic heterocycles. The molecule has 0 spiro atoms. The summed E-state index contributed by atoms with van der Waals surface area (Å²) in [6.45, 7) is 6.30. The normalized spacial score (nSPS) is 12.8. The Kier molecular flexibility index (Phi) is 3.96. The Morgan fingerprint density at radius 3 is 2.12 bits per heavy atom. The highest BCUT2D eigenvalue weighted by atomic mass is 79.9. The van der Waals surface area contributed by atoms with Crippen LogP contribution >= 0.6 is 38.9 Å². The highest BCUT2D eigenvalue weighted by Crippen LogP contribution is 2.39. The topological polar surface area (TPSA) is 0 Å². The fourth-order valence-electron chi connectivity index (χ4n) is 1.93. The van der Waals surface area contributed by atoms with Gasteiger partial charge in [0.15, 0.2) is 0 Å². The molecule has 1 unspecified atom stereocenters. The smallest absolute Gasteiger partial charge is 0.0960 e. The molecule has 2 rings (SSSR count). The standard InChI is InChI=1S/C14H14BrClS/c1-8-4-9(2)6-11(5-8)13(15)12-7-10(3)14(16)17-12/h4-7,13H,1-3H3. The second kappa shape index (κ2) is 5.13. The third-order valence-corrected chi connectivity index (χ3v) is 5.61. The van der Waals surface area contributed by atoms with E-state index in [9.17, 15) is 0 Å². The Morgan fingerprint density at radius 2 is 1.65 bits per heavy atom. The maximum atomic E-state index is 6.12. The van der Waals surface area contributed by atoms with Crippen molar-refractivity contribution in [2.75, 3.05) is 0 Å². The van der Waals surface area contributed by atoms with Crippen molar-refractivity contribution in [1.82, 2.24) is 0 Å². The molecule has 0 aliphatic carbocycles. The predicted molar refractivity (Wildman–Crippen MR) is 80.8 cm³/mol. The van der Waals surface area contributed by atoms with Crippen molar-refractivity contribution in [3.05, 3.63) is 55.7 Å². The van der Waals surface area contributed by atoms with Gasteiger partial charge in [0.05, 0.1) is 9.16 Å². The molecule has 0 fully saturated rings. The summed E-state index contributed by atoms with van der Waals surface area (Å²) in [7, 11) is 0. The predicted octanol–water partition coefficient (Wildman–Crippen LogP) is 5.81. The summed E-state index contributed by atoms with van der Waals surface area (Å²) in [4.78, 5) is 1.50. The molecule has 1 heterocycles. The van der Waals surface area contributed by atoms with Gasteiger partial charge in [0.1, 0.15) is 0 Å². The van der Waals surface area contributed by atoms with E-state index >= 15 is 0 Å². The zero-order chi connectivity index (χ0) is 12.6. The number of aryl methyl sites for hydroxylation is 3. The Hall–Kier alpha value is -0.310. The van der Waals surface area contributed by atoms with Crippen LogP contribution in [0.25, 0.3) is 0 Å². The van der Waals surface area contributed by atoms with Gasteiger partial charge in [-0.3, -0.25) is 0 Å². The monoisotopic (exact) mass is 328 g/mol. The van der Waals surface area contributed by atoms with Crippen LogP contribution in [0.3, 0.4) is 0 Å². The highest BCUT2D eigenvalue weighted by molar-refractivity contribution is 9.09. The number of halogens is 2. The fraction of sp³-hybridized carbons (Fsp3) is 0.286. The zero-order valence-electron chi connectivity index (χ0n) is 10.1. The van der Waals surface area contributed by atoms with Gasteiger partial charge in [-0.15, -0.1) is 11.3 Å². The Balaban J connectivity index is 2.39. The van der Waals surface area contributed by atoms with Crippen LogP contribution in [0.4, 0.5) is 0 Å². The van der Waals surface area contributed by atoms with Gasteiger partial charge in [-0.25, -0.2) is 0 Å². The van der Waals surface area contributed by atoms with Gasteiger partial charge in [-0.2, -0.15) is 0 Å². The lowest BCUT2D eigenvalue weighted by Gasteiger charge is -2.10. The molecule has 1 atom stereocenters. The first-order valence-corrected chi connectivity index (χ1v) is 7.56. The Labute approximate surface area is 120 Å². The third kappa shape index (κ3) is 2.93. The first kappa shape index (κ1) is 13.1. The van der Waals surface area contributed by atoms with E-state index < -0.39 is 0 Å². The van der Waals surface area contributed by atoms with Crippen molar-refractivity contribution >= 4 is 38.9 Å². The first-order valence-electron chi connectivity index (χ1n) is 5.45. The lowest BCUT2D eigenvalue weighted by molar-refractivity contribution is 1.19. The zero-order valence-corrected chi connectivity index (χ0v) is 13.2. The highest BCUT2D eigenvalue weighted by Gasteiger charge is 2.15. The van der Waals surface area contributed by atoms with E-state index in [1.807, 2.05) is 6.92 Å². The van der Waals surface area contributed by atoms with Crippen LogP contribution in [0.5, 0.6) is 0 Å². The molecule has 90 valence electrons. The number of hydrogen-bond acceptors (Lipinski definition) is 1. The van der Waals surface area contributed by atoms with Crippen LogP contribution in [0.15, 0.2) is 24.3 Å². The second-order valence-corrected chi connectivity index (χ2v) is 6.99. The van der Waals surface area contributed by atoms with E-state index in [0.29, 0.717) is 0 Å². The third-order valence-electron chi connectivity index (χ3n) is 2.66. The molecule has 0 amide bonds. The summed E-state index contributed by atoms with van der Waals surface area (Å²) in [5, 5.41) is 0. The van der Waals surface area contributed by atoms with Gasteiger partial charge in [0, 0.05) is 4.88 Å². The van der Waals surface area contributed by atoms with Crippen molar-refractivity contribution in [1.29, 1.82) is 0 Å². The lowest BCUT2D eigenvalue weighted by Crippen LogP contribution is -1.91. The van der Waals surface area contributed by atoms with Crippen molar-refractivity contribution in [3.8, 4) is 0 Å². The summed E-state index contributed by atoms with van der Waals surface area (Å²) < 4.78 is 0.883. The number of alkyl halides is 1. The minimum Gasteiger partial charge on any atom is -0.127 e. The van der Waals surface area contributed by atoms with Crippen LogP contribution in [0, 0.1) is 20.8 Å². The molecule has 17 heavy (non-hydrogen) atoms. The maximum absolute atomic E-state index is 6.12. The van der Waals surface area contributed by atoms with Gasteiger partial charge in [-0.1, -0.05) is 56.9 Å². The molecule has 1 aromatic carbocycles. The Bertz CT molecular complexity index is 505. The average Bonchev–Trinajstić information content (AvgIpc) is 2.57. The second-order valence-electron chi connectivity index (χ2n) is 4.39. The summed E-state index contributed by atoms with van der Waals surface area (Å²) in [5.41, 5.74) is 5.04. The van der Waals surface area contributed by atoms with E-state index in [0.717, 1.165) is 9.90 Å². The van der Waals surface area contributed by atoms with Crippen molar-refractivity contribution in [3.63, 3.8) is 0 Å². The van der Waals surface area contributed by atoms with Gasteiger partial charge in [0.2, 0.25) is 0 Å². The summed E-state index contributed by atoms with van der Waals surface area (Å²) in [5.74, 6) is 0. The maximum Gasteiger partial charge on any atom is 0.0960 e. The quantitative estimate of drug-likeness (QED) is 0.610. The van der Waals surface area contributed by atoms with Crippen molar-refractivity contribution in [2.24, 2.45) is 0 Å². The Morgan fingerprint density at radius 1 is 1.06 bits per heavy atom. The van der Waals surface area contributed by atoms with Crippen molar-refractivity contribution < 1.29 is 0 Å². The summed E-state index contributed by atoms with van der Waals surface area (Å²) >= 11 is 11.5. The van der Waals surface area contributed by atoms with Crippen molar-refractivity contribution in [2.45, 2.75) is 25.6 Å². The van der Waals surface area contributed by atoms with E-state index in [2.05, 4.69) is 54.0 Å². The number of thiophene rings is 1. The van der Waals surface area contributed by atoms with E-state index in [1.54, 1.807) is 11.3 Å². The average molecular weight is 330 g/mol. The van der Waals surface area contributed by atoms with Crippen LogP contribution in [0.1, 0.15) is 32.0 Å². The molecule has 0 saturated carbocycles. The number of hydrogen-bond donors (Lipinski definition) is 0. The van der Waals surface area contributed by atoms with Crippen LogP contribution < -0.4 is 0 Å². The molecular formula is C14H14BrClS. The molecule has 1 aromatic heterocycles. The van der Waals surface area contributed by atoms with Crippen LogP contribution in [-0.2, 0) is 0 Å². The fourth-order valence-corrected chi connectivity index (χ4v) is 3.83. The van der Waals surface area contributed by atoms with Crippen LogP contribution in [0.2, 0.25) is 4.34 Å². The van der Waals surface area contributed by atoms with E-state index in [1.165, 1.54) is 21.6 Å². The minimum absolute atomic E-state index is 0.234. The van der Waals surface area contributed by atoms with Gasteiger partial charge in [0.25, 0.3) is 0 Å². The van der Waals surface area contributed by atoms with Gasteiger partial charge < -0.3 is 0 Å². The first-order chi connectivity index (χ1) is 7.97.